The number of phenolic OH excluding ortho intramolecular Hbond substituents is 1. The lowest BCUT2D eigenvalue weighted by atomic mass is 9.56. The molecule has 4 amide bonds. The summed E-state index contributed by atoms with van der Waals surface area (Å²) in [6.45, 7) is 0. The molecule has 1 saturated carbocycles. The van der Waals surface area contributed by atoms with Gasteiger partial charge in [-0.25, -0.2) is 0 Å². The van der Waals surface area contributed by atoms with Crippen molar-refractivity contribution in [3.63, 3.8) is 0 Å². The highest BCUT2D eigenvalue weighted by atomic mass is 79.9. The van der Waals surface area contributed by atoms with E-state index < -0.39 is 57.0 Å². The average Bonchev–Trinajstić information content (AvgIpc) is 3.42. The van der Waals surface area contributed by atoms with Crippen LogP contribution in [0.2, 0.25) is 0 Å². The number of nitrogens with zero attached hydrogens (tertiary/aromatic N) is 2. The first-order chi connectivity index (χ1) is 22.5. The van der Waals surface area contributed by atoms with Gasteiger partial charge in [0.2, 0.25) is 11.8 Å². The first kappa shape index (κ1) is 31.6. The first-order valence-corrected chi connectivity index (χ1v) is 16.8. The van der Waals surface area contributed by atoms with Crippen molar-refractivity contribution in [1.82, 2.24) is 4.90 Å². The second-order valence-electron chi connectivity index (χ2n) is 12.2. The Bertz CT molecular complexity index is 1900. The molecule has 240 valence electrons. The molecule has 4 aliphatic rings. The molecule has 6 atom stereocenters. The summed E-state index contributed by atoms with van der Waals surface area (Å²) >= 11 is 17.8. The smallest absolute Gasteiger partial charge is 0.254 e. The van der Waals surface area contributed by atoms with Crippen LogP contribution >= 0.6 is 39.1 Å². The van der Waals surface area contributed by atoms with E-state index in [-0.39, 0.29) is 35.6 Å². The molecule has 2 saturated heterocycles. The molecule has 3 fully saturated rings. The topological polar surface area (TPSA) is 121 Å². The molecule has 1 N–H and O–H groups in total. The number of carbonyl (C=O) groups is 5. The van der Waals surface area contributed by atoms with Gasteiger partial charge >= 0.3 is 0 Å². The molecule has 0 aromatic heterocycles. The van der Waals surface area contributed by atoms with Crippen LogP contribution < -0.4 is 9.64 Å². The zero-order chi connectivity index (χ0) is 33.4. The number of aromatic hydroxyl groups is 1. The van der Waals surface area contributed by atoms with Crippen LogP contribution in [0.3, 0.4) is 0 Å². The molecule has 0 spiro atoms. The van der Waals surface area contributed by atoms with Crippen LogP contribution in [0.15, 0.2) is 84.4 Å². The standard InChI is InChI=1S/C35H27BrCl2N2O7/c1-47-26-15-21(41)11-12-23(26)28-22-13-14-24-27(25(22)16-34(37)32(45)39(17-36)33(46)35(28,34)38)31(44)40(30(24)43)20-9-7-19(8-10-20)29(42)18-5-3-2-4-6-18/h2-13,15,24-25,27-28,41H,14,16-17H2,1H3/t24-,25+,27-,28+,34+,35-/m0/s1. The summed E-state index contributed by atoms with van der Waals surface area (Å²) in [7, 11) is 1.40. The van der Waals surface area contributed by atoms with Crippen molar-refractivity contribution in [3.8, 4) is 11.5 Å². The van der Waals surface area contributed by atoms with E-state index in [4.69, 9.17) is 27.9 Å². The monoisotopic (exact) mass is 736 g/mol. The Kier molecular flexibility index (Phi) is 7.61. The number of halogens is 3. The maximum Gasteiger partial charge on any atom is 0.254 e. The Labute approximate surface area is 288 Å². The number of anilines is 1. The Hall–Kier alpha value is -3.99. The van der Waals surface area contributed by atoms with E-state index >= 15 is 0 Å². The second-order valence-corrected chi connectivity index (χ2v) is 13.9. The van der Waals surface area contributed by atoms with Crippen molar-refractivity contribution in [2.24, 2.45) is 17.8 Å². The van der Waals surface area contributed by atoms with Gasteiger partial charge in [0.25, 0.3) is 11.8 Å². The summed E-state index contributed by atoms with van der Waals surface area (Å²) < 4.78 is 5.59. The summed E-state index contributed by atoms with van der Waals surface area (Å²) in [5.41, 5.74) is 2.10. The summed E-state index contributed by atoms with van der Waals surface area (Å²) in [5.74, 6) is -5.72. The number of carbonyl (C=O) groups excluding carboxylic acids is 5. The van der Waals surface area contributed by atoms with Crippen LogP contribution in [-0.2, 0) is 19.2 Å². The number of phenols is 1. The highest BCUT2D eigenvalue weighted by molar-refractivity contribution is 9.09. The maximum atomic E-state index is 14.3. The van der Waals surface area contributed by atoms with Crippen molar-refractivity contribution in [3.05, 3.63) is 101 Å². The Morgan fingerprint density at radius 3 is 2.28 bits per heavy atom. The van der Waals surface area contributed by atoms with Crippen LogP contribution in [0.1, 0.15) is 40.2 Å². The number of rotatable bonds is 6. The number of fused-ring (bicyclic) bond motifs is 4. The predicted molar refractivity (Wildman–Crippen MR) is 177 cm³/mol. The molecular weight excluding hydrogens is 711 g/mol. The number of ketones is 1. The van der Waals surface area contributed by atoms with Gasteiger partial charge < -0.3 is 9.84 Å². The van der Waals surface area contributed by atoms with E-state index in [1.54, 1.807) is 54.6 Å². The third-order valence-electron chi connectivity index (χ3n) is 9.97. The Morgan fingerprint density at radius 1 is 0.936 bits per heavy atom. The molecule has 3 aromatic rings. The minimum absolute atomic E-state index is 0.0870. The van der Waals surface area contributed by atoms with Gasteiger partial charge in [-0.05, 0) is 49.1 Å². The number of amides is 4. The van der Waals surface area contributed by atoms with E-state index in [1.807, 2.05) is 12.1 Å². The number of ether oxygens (including phenoxy) is 1. The summed E-state index contributed by atoms with van der Waals surface area (Å²) in [5, 5.41) is 10.2. The van der Waals surface area contributed by atoms with Gasteiger partial charge in [-0.1, -0.05) is 64.0 Å². The fourth-order valence-electron chi connectivity index (χ4n) is 7.81. The van der Waals surface area contributed by atoms with Crippen LogP contribution in [-0.4, -0.2) is 61.7 Å². The molecule has 3 aromatic carbocycles. The zero-order valence-electron chi connectivity index (χ0n) is 24.9. The second kappa shape index (κ2) is 11.3. The van der Waals surface area contributed by atoms with Gasteiger partial charge in [0.05, 0.1) is 30.1 Å². The Balaban J connectivity index is 1.30. The van der Waals surface area contributed by atoms with Gasteiger partial charge in [-0.2, -0.15) is 0 Å². The van der Waals surface area contributed by atoms with Crippen LogP contribution in [0, 0.1) is 17.8 Å². The SMILES string of the molecule is COc1cc(O)ccc1[C@H]1C2=CC[C@@H]3C(=O)N(c4ccc(C(=O)c5ccccc5)cc4)C(=O)[C@@H]3[C@@H]2C[C@@]2(Cl)C(=O)N(CBr)C(=O)[C@@]12Cl. The fraction of sp³-hybridized carbons (Fsp3) is 0.286. The molecule has 0 unspecified atom stereocenters. The molecule has 2 aliphatic heterocycles. The Morgan fingerprint density at radius 2 is 1.62 bits per heavy atom. The van der Waals surface area contributed by atoms with Gasteiger partial charge in [0, 0.05) is 28.7 Å². The lowest BCUT2D eigenvalue weighted by molar-refractivity contribution is -0.138. The minimum Gasteiger partial charge on any atom is -0.508 e. The number of hydrogen-bond donors (Lipinski definition) is 1. The highest BCUT2D eigenvalue weighted by Crippen LogP contribution is 2.66. The highest BCUT2D eigenvalue weighted by Gasteiger charge is 2.76. The molecule has 47 heavy (non-hydrogen) atoms. The van der Waals surface area contributed by atoms with E-state index in [1.165, 1.54) is 19.2 Å². The van der Waals surface area contributed by atoms with E-state index in [2.05, 4.69) is 15.9 Å². The van der Waals surface area contributed by atoms with Gasteiger partial charge in [-0.15, -0.1) is 23.2 Å². The third kappa shape index (κ3) is 4.37. The number of methoxy groups -OCH3 is 1. The van der Waals surface area contributed by atoms with Crippen LogP contribution in [0.25, 0.3) is 0 Å². The van der Waals surface area contributed by atoms with Gasteiger partial charge in [-0.3, -0.25) is 33.8 Å². The molecule has 2 heterocycles. The molecule has 2 aliphatic carbocycles. The summed E-state index contributed by atoms with van der Waals surface area (Å²) in [6.07, 6.45) is 1.85. The number of imide groups is 2. The van der Waals surface area contributed by atoms with Crippen molar-refractivity contribution in [2.45, 2.75) is 28.5 Å². The summed E-state index contributed by atoms with van der Waals surface area (Å²) in [6, 6.07) is 19.5. The predicted octanol–water partition coefficient (Wildman–Crippen LogP) is 5.55. The molecule has 0 bridgehead atoms. The maximum absolute atomic E-state index is 14.3. The van der Waals surface area contributed by atoms with Gasteiger partial charge in [0.15, 0.2) is 15.5 Å². The van der Waals surface area contributed by atoms with Crippen molar-refractivity contribution in [2.75, 3.05) is 17.5 Å². The molecule has 7 rings (SSSR count). The molecule has 0 radical (unpaired) electrons. The third-order valence-corrected chi connectivity index (χ3v) is 11.9. The largest absolute Gasteiger partial charge is 0.508 e. The van der Waals surface area contributed by atoms with Crippen molar-refractivity contribution in [1.29, 1.82) is 0 Å². The van der Waals surface area contributed by atoms with Crippen LogP contribution in [0.5, 0.6) is 11.5 Å². The van der Waals surface area contributed by atoms with E-state index in [0.717, 1.165) is 9.80 Å². The van der Waals surface area contributed by atoms with Gasteiger partial charge in [0.1, 0.15) is 11.5 Å². The summed E-state index contributed by atoms with van der Waals surface area (Å²) in [4.78, 5) is 67.1. The van der Waals surface area contributed by atoms with Crippen molar-refractivity contribution >= 4 is 74.2 Å². The molecular formula is C35H27BrCl2N2O7. The van der Waals surface area contributed by atoms with E-state index in [0.29, 0.717) is 28.0 Å². The number of alkyl halides is 3. The number of hydrogen-bond acceptors (Lipinski definition) is 7. The fourth-order valence-corrected chi connectivity index (χ4v) is 9.23. The first-order valence-electron chi connectivity index (χ1n) is 14.9. The minimum atomic E-state index is -1.99. The average molecular weight is 738 g/mol. The number of allylic oxidation sites excluding steroid dienone is 2. The van der Waals surface area contributed by atoms with E-state index in [9.17, 15) is 29.1 Å². The normalized spacial score (nSPS) is 29.7. The lowest BCUT2D eigenvalue weighted by Crippen LogP contribution is -2.60. The quantitative estimate of drug-likeness (QED) is 0.116. The van der Waals surface area contributed by atoms with Crippen LogP contribution in [0.4, 0.5) is 5.69 Å². The number of likely N-dealkylation sites (tertiary alicyclic amines) is 1. The molecule has 12 heteroatoms. The molecule has 9 nitrogen and oxygen atoms in total. The number of benzene rings is 3. The zero-order valence-corrected chi connectivity index (χ0v) is 28.0. The lowest BCUT2D eigenvalue weighted by Gasteiger charge is -2.50. The van der Waals surface area contributed by atoms with Crippen molar-refractivity contribution < 1.29 is 33.8 Å².